The van der Waals surface area contributed by atoms with Gasteiger partial charge in [-0.3, -0.25) is 0 Å². The van der Waals surface area contributed by atoms with E-state index in [0.717, 1.165) is 6.07 Å². The summed E-state index contributed by atoms with van der Waals surface area (Å²) in [7, 11) is 1.29. The van der Waals surface area contributed by atoms with Crippen molar-refractivity contribution in [2.75, 3.05) is 26.8 Å². The number of carbonyl (C=O) groups is 2. The normalized spacial score (nSPS) is 22.2. The van der Waals surface area contributed by atoms with E-state index in [-0.39, 0.29) is 23.7 Å². The maximum Gasteiger partial charge on any atom is 0.406 e. The summed E-state index contributed by atoms with van der Waals surface area (Å²) in [5.74, 6) is -2.11. The van der Waals surface area contributed by atoms with Crippen molar-refractivity contribution in [3.8, 4) is 0 Å². The summed E-state index contributed by atoms with van der Waals surface area (Å²) >= 11 is 1.38. The Hall–Kier alpha value is -3.60. The van der Waals surface area contributed by atoms with Crippen LogP contribution in [0.15, 0.2) is 46.0 Å². The van der Waals surface area contributed by atoms with Crippen molar-refractivity contribution in [2.45, 2.75) is 18.9 Å². The van der Waals surface area contributed by atoms with Crippen molar-refractivity contribution in [1.82, 2.24) is 15.2 Å². The molecule has 8 nitrogen and oxygen atoms in total. The minimum absolute atomic E-state index is 0.0463. The number of esters is 1. The van der Waals surface area contributed by atoms with Crippen LogP contribution in [0.3, 0.4) is 0 Å². The highest BCUT2D eigenvalue weighted by Crippen LogP contribution is 2.51. The fourth-order valence-corrected chi connectivity index (χ4v) is 5.49. The first-order valence-electron chi connectivity index (χ1n) is 11.1. The van der Waals surface area contributed by atoms with Gasteiger partial charge in [0.05, 0.1) is 19.3 Å². The first-order chi connectivity index (χ1) is 16.9. The van der Waals surface area contributed by atoms with Gasteiger partial charge in [-0.2, -0.15) is 0 Å². The van der Waals surface area contributed by atoms with Gasteiger partial charge in [0, 0.05) is 35.9 Å². The first-order valence-corrected chi connectivity index (χ1v) is 11.9. The molecule has 1 amide bonds. The monoisotopic (exact) mass is 500 g/mol. The SMILES string of the molecule is CCOC(=O)C1=C2CC(CNC(=O)OC)CN2C(c2nccs2)=NC12C=Cc1c2ccc(F)c1F. The molecule has 35 heavy (non-hydrogen) atoms. The second kappa shape index (κ2) is 8.88. The van der Waals surface area contributed by atoms with Crippen LogP contribution in [0.2, 0.25) is 0 Å². The molecule has 182 valence electrons. The van der Waals surface area contributed by atoms with Gasteiger partial charge in [0.15, 0.2) is 22.5 Å². The number of hydrogen-bond donors (Lipinski definition) is 1. The summed E-state index contributed by atoms with van der Waals surface area (Å²) in [5.41, 5.74) is -0.0845. The molecular formula is C24H22F2N4O4S. The lowest BCUT2D eigenvalue weighted by molar-refractivity contribution is -0.139. The highest BCUT2D eigenvalue weighted by Gasteiger charge is 2.52. The molecule has 1 saturated heterocycles. The first kappa shape index (κ1) is 23.2. The number of amides is 1. The quantitative estimate of drug-likeness (QED) is 0.631. The lowest BCUT2D eigenvalue weighted by Crippen LogP contribution is -2.42. The number of aliphatic imine (C=N–C) groups is 1. The zero-order chi connectivity index (χ0) is 24.7. The number of nitrogens with one attached hydrogen (secondary N) is 1. The van der Waals surface area contributed by atoms with E-state index in [9.17, 15) is 18.4 Å². The second-order valence-electron chi connectivity index (χ2n) is 8.29. The Morgan fingerprint density at radius 2 is 2.17 bits per heavy atom. The molecule has 2 aromatic rings. The maximum atomic E-state index is 14.7. The topological polar surface area (TPSA) is 93.1 Å². The van der Waals surface area contributed by atoms with Crippen LogP contribution in [0.25, 0.3) is 6.08 Å². The van der Waals surface area contributed by atoms with Crippen LogP contribution in [0.4, 0.5) is 13.6 Å². The second-order valence-corrected chi connectivity index (χ2v) is 9.18. The molecule has 0 saturated carbocycles. The molecule has 1 N–H and O–H groups in total. The Kier molecular flexibility index (Phi) is 5.87. The average molecular weight is 501 g/mol. The van der Waals surface area contributed by atoms with Crippen molar-refractivity contribution in [1.29, 1.82) is 0 Å². The summed E-state index contributed by atoms with van der Waals surface area (Å²) in [6.07, 6.45) is 4.60. The van der Waals surface area contributed by atoms with E-state index in [1.807, 2.05) is 10.3 Å². The van der Waals surface area contributed by atoms with Gasteiger partial charge in [-0.05, 0) is 37.0 Å². The summed E-state index contributed by atoms with van der Waals surface area (Å²) in [6.45, 7) is 2.61. The third-order valence-corrected chi connectivity index (χ3v) is 7.08. The molecular weight excluding hydrogens is 478 g/mol. The van der Waals surface area contributed by atoms with E-state index >= 15 is 0 Å². The number of nitrogens with zero attached hydrogens (tertiary/aromatic N) is 3. The number of aromatic nitrogens is 1. The molecule has 2 atom stereocenters. The Bertz CT molecular complexity index is 1290. The predicted octanol–water partition coefficient (Wildman–Crippen LogP) is 3.60. The summed E-state index contributed by atoms with van der Waals surface area (Å²) in [6, 6.07) is 2.50. The molecule has 1 spiro atoms. The van der Waals surface area contributed by atoms with E-state index in [1.54, 1.807) is 19.2 Å². The standard InChI is InChI=1S/C24H22F2N4O4S/c1-3-34-22(31)18-17-10-13(11-28-23(32)33-2)12-30(17)20(21-27-8-9-35-21)29-24(18)7-6-14-15(24)4-5-16(25)19(14)26/h4-9,13H,3,10-12H2,1-2H3,(H,28,32). The molecule has 1 aliphatic carbocycles. The van der Waals surface area contributed by atoms with Crippen LogP contribution in [0.5, 0.6) is 0 Å². The van der Waals surface area contributed by atoms with E-state index in [4.69, 9.17) is 9.73 Å². The van der Waals surface area contributed by atoms with Crippen LogP contribution >= 0.6 is 11.3 Å². The third-order valence-electron chi connectivity index (χ3n) is 6.31. The van der Waals surface area contributed by atoms with Crippen LogP contribution in [0, 0.1) is 17.6 Å². The number of rotatable bonds is 5. The van der Waals surface area contributed by atoms with E-state index in [0.29, 0.717) is 41.6 Å². The highest BCUT2D eigenvalue weighted by atomic mass is 32.1. The number of alkyl carbamates (subject to hydrolysis) is 1. The molecule has 2 unspecified atom stereocenters. The lowest BCUT2D eigenvalue weighted by atomic mass is 9.81. The van der Waals surface area contributed by atoms with Crippen molar-refractivity contribution >= 4 is 35.3 Å². The molecule has 1 aromatic carbocycles. The number of thiazole rings is 1. The van der Waals surface area contributed by atoms with Gasteiger partial charge in [0.1, 0.15) is 5.54 Å². The van der Waals surface area contributed by atoms with Gasteiger partial charge < -0.3 is 19.7 Å². The van der Waals surface area contributed by atoms with Gasteiger partial charge >= 0.3 is 12.1 Å². The van der Waals surface area contributed by atoms with Crippen LogP contribution in [-0.2, 0) is 19.8 Å². The molecule has 2 aliphatic heterocycles. The molecule has 3 heterocycles. The summed E-state index contributed by atoms with van der Waals surface area (Å²) in [4.78, 5) is 36.4. The summed E-state index contributed by atoms with van der Waals surface area (Å²) < 4.78 is 38.9. The number of allylic oxidation sites excluding steroid dienone is 1. The molecule has 1 aromatic heterocycles. The smallest absolute Gasteiger partial charge is 0.406 e. The van der Waals surface area contributed by atoms with Crippen LogP contribution in [0.1, 0.15) is 29.5 Å². The Morgan fingerprint density at radius 1 is 1.34 bits per heavy atom. The van der Waals surface area contributed by atoms with Gasteiger partial charge in [-0.1, -0.05) is 12.1 Å². The largest absolute Gasteiger partial charge is 0.462 e. The van der Waals surface area contributed by atoms with Gasteiger partial charge in [-0.25, -0.2) is 28.3 Å². The van der Waals surface area contributed by atoms with Gasteiger partial charge in [0.2, 0.25) is 0 Å². The number of methoxy groups -OCH3 is 1. The van der Waals surface area contributed by atoms with Gasteiger partial charge in [-0.15, -0.1) is 11.3 Å². The van der Waals surface area contributed by atoms with Crippen molar-refractivity contribution in [3.05, 3.63) is 68.8 Å². The van der Waals surface area contributed by atoms with Crippen LogP contribution in [-0.4, -0.2) is 54.6 Å². The maximum absolute atomic E-state index is 14.7. The molecule has 0 bridgehead atoms. The number of halogens is 2. The van der Waals surface area contributed by atoms with E-state index in [1.165, 1.54) is 30.6 Å². The number of amidine groups is 1. The molecule has 1 fully saturated rings. The number of benzene rings is 1. The van der Waals surface area contributed by atoms with E-state index < -0.39 is 29.2 Å². The fraction of sp³-hybridized carbons (Fsp3) is 0.333. The Morgan fingerprint density at radius 3 is 2.89 bits per heavy atom. The molecule has 3 aliphatic rings. The highest BCUT2D eigenvalue weighted by molar-refractivity contribution is 7.11. The van der Waals surface area contributed by atoms with Crippen molar-refractivity contribution in [2.24, 2.45) is 10.9 Å². The minimum Gasteiger partial charge on any atom is -0.462 e. The third kappa shape index (κ3) is 3.70. The minimum atomic E-state index is -1.40. The molecule has 11 heteroatoms. The molecule has 0 radical (unpaired) electrons. The number of carbonyl (C=O) groups excluding carboxylic acids is 2. The van der Waals surface area contributed by atoms with Crippen molar-refractivity contribution in [3.63, 3.8) is 0 Å². The van der Waals surface area contributed by atoms with Crippen molar-refractivity contribution < 1.29 is 27.8 Å². The average Bonchev–Trinajstić information content (AvgIpc) is 3.59. The fourth-order valence-electron chi connectivity index (χ4n) is 4.85. The lowest BCUT2D eigenvalue weighted by Gasteiger charge is -2.37. The number of ether oxygens (including phenoxy) is 2. The zero-order valence-corrected chi connectivity index (χ0v) is 19.8. The van der Waals surface area contributed by atoms with Gasteiger partial charge in [0.25, 0.3) is 0 Å². The predicted molar refractivity (Wildman–Crippen MR) is 125 cm³/mol. The molecule has 5 rings (SSSR count). The Labute approximate surface area is 204 Å². The zero-order valence-electron chi connectivity index (χ0n) is 19.0. The Balaban J connectivity index is 1.69. The number of fused-ring (bicyclic) bond motifs is 3. The number of hydrogen-bond acceptors (Lipinski definition) is 8. The van der Waals surface area contributed by atoms with Crippen LogP contribution < -0.4 is 5.32 Å². The van der Waals surface area contributed by atoms with E-state index in [2.05, 4.69) is 15.0 Å². The summed E-state index contributed by atoms with van der Waals surface area (Å²) in [5, 5.41) is 5.14.